The highest BCUT2D eigenvalue weighted by Crippen LogP contribution is 2.36. The third kappa shape index (κ3) is 4.71. The molecule has 3 aromatic carbocycles. The minimum atomic E-state index is -4.32. The van der Waals surface area contributed by atoms with Crippen LogP contribution < -0.4 is 4.31 Å². The van der Waals surface area contributed by atoms with E-state index in [1.54, 1.807) is 31.2 Å². The Labute approximate surface area is 194 Å². The smallest absolute Gasteiger partial charge is 0.256 e. The summed E-state index contributed by atoms with van der Waals surface area (Å²) < 4.78 is 57.3. The lowest BCUT2D eigenvalue weighted by Crippen LogP contribution is -2.35. The van der Waals surface area contributed by atoms with Crippen molar-refractivity contribution in [1.82, 2.24) is 20.2 Å². The highest BCUT2D eigenvalue weighted by atomic mass is 35.5. The van der Waals surface area contributed by atoms with Gasteiger partial charge in [-0.1, -0.05) is 35.9 Å². The second-order valence-corrected chi connectivity index (χ2v) is 9.44. The number of benzene rings is 3. The second kappa shape index (κ2) is 9.24. The molecule has 1 aromatic heterocycles. The fraction of sp³-hybridized carbons (Fsp3) is 0.136. The largest absolute Gasteiger partial charge is 0.264 e. The molecule has 0 aliphatic rings. The molecule has 11 heteroatoms. The van der Waals surface area contributed by atoms with Crippen LogP contribution >= 0.6 is 11.6 Å². The summed E-state index contributed by atoms with van der Waals surface area (Å²) >= 11 is 5.91. The maximum Gasteiger partial charge on any atom is 0.264 e. The molecule has 0 bridgehead atoms. The van der Waals surface area contributed by atoms with Crippen LogP contribution in [-0.2, 0) is 16.6 Å². The molecule has 4 rings (SSSR count). The molecule has 33 heavy (non-hydrogen) atoms. The molecule has 0 fully saturated rings. The summed E-state index contributed by atoms with van der Waals surface area (Å²) in [6.45, 7) is 1.81. The summed E-state index contributed by atoms with van der Waals surface area (Å²) in [6, 6.07) is 14.3. The second-order valence-electron chi connectivity index (χ2n) is 7.19. The third-order valence-corrected chi connectivity index (χ3v) is 7.23. The van der Waals surface area contributed by atoms with Gasteiger partial charge in [0.1, 0.15) is 11.6 Å². The highest BCUT2D eigenvalue weighted by molar-refractivity contribution is 7.92. The van der Waals surface area contributed by atoms with E-state index in [-0.39, 0.29) is 11.4 Å². The number of rotatable bonds is 7. The lowest BCUT2D eigenvalue weighted by atomic mass is 10.0. The number of sulfonamides is 1. The summed E-state index contributed by atoms with van der Waals surface area (Å²) in [5.41, 5.74) is 0.846. The van der Waals surface area contributed by atoms with E-state index < -0.39 is 33.4 Å². The van der Waals surface area contributed by atoms with E-state index in [0.717, 1.165) is 22.5 Å². The predicted octanol–water partition coefficient (Wildman–Crippen LogP) is 4.61. The fourth-order valence-electron chi connectivity index (χ4n) is 3.55. The SMILES string of the molecule is CC(c1ccccc1Cn1ncnn1)N(c1cc(F)ccc1F)S(=O)(=O)c1ccc(Cl)cc1. The van der Waals surface area contributed by atoms with Crippen molar-refractivity contribution in [2.75, 3.05) is 4.31 Å². The molecule has 1 unspecified atom stereocenters. The van der Waals surface area contributed by atoms with Crippen LogP contribution in [0.1, 0.15) is 24.1 Å². The summed E-state index contributed by atoms with van der Waals surface area (Å²) in [5.74, 6) is -1.65. The first-order valence-electron chi connectivity index (χ1n) is 9.81. The zero-order valence-corrected chi connectivity index (χ0v) is 18.9. The summed E-state index contributed by atoms with van der Waals surface area (Å²) in [4.78, 5) is 1.23. The molecule has 0 saturated heterocycles. The van der Waals surface area contributed by atoms with Gasteiger partial charge >= 0.3 is 0 Å². The van der Waals surface area contributed by atoms with Crippen molar-refractivity contribution in [3.8, 4) is 0 Å². The molecule has 0 N–H and O–H groups in total. The molecule has 0 saturated carbocycles. The molecule has 0 radical (unpaired) electrons. The monoisotopic (exact) mass is 489 g/mol. The van der Waals surface area contributed by atoms with Gasteiger partial charge in [-0.3, -0.25) is 4.31 Å². The summed E-state index contributed by atoms with van der Waals surface area (Å²) in [5, 5.41) is 11.9. The van der Waals surface area contributed by atoms with Gasteiger partial charge in [0, 0.05) is 11.1 Å². The molecule has 0 aliphatic carbocycles. The first-order chi connectivity index (χ1) is 15.8. The van der Waals surface area contributed by atoms with Crippen molar-refractivity contribution in [2.24, 2.45) is 0 Å². The Morgan fingerprint density at radius 3 is 2.48 bits per heavy atom. The molecule has 0 aliphatic heterocycles. The molecule has 1 atom stereocenters. The van der Waals surface area contributed by atoms with Crippen LogP contribution in [0.2, 0.25) is 5.02 Å². The van der Waals surface area contributed by atoms with Gasteiger partial charge in [-0.15, -0.1) is 10.2 Å². The summed E-state index contributed by atoms with van der Waals surface area (Å²) in [7, 11) is -4.32. The standard InChI is InChI=1S/C22H18ClF2N5O2S/c1-15(20-5-3-2-4-16(20)13-29-27-14-26-28-29)30(22-12-18(24)8-11-21(22)25)33(31,32)19-9-6-17(23)7-10-19/h2-12,14-15H,13H2,1H3. The van der Waals surface area contributed by atoms with Crippen molar-refractivity contribution in [3.63, 3.8) is 0 Å². The number of hydrogen-bond acceptors (Lipinski definition) is 5. The molecule has 7 nitrogen and oxygen atoms in total. The minimum Gasteiger partial charge on any atom is -0.256 e. The maximum absolute atomic E-state index is 14.9. The predicted molar refractivity (Wildman–Crippen MR) is 119 cm³/mol. The molecule has 170 valence electrons. The number of hydrogen-bond donors (Lipinski definition) is 0. The number of anilines is 1. The number of aromatic nitrogens is 4. The minimum absolute atomic E-state index is 0.113. The van der Waals surface area contributed by atoms with Gasteiger partial charge in [0.05, 0.1) is 23.2 Å². The van der Waals surface area contributed by atoms with Crippen molar-refractivity contribution in [2.45, 2.75) is 24.4 Å². The van der Waals surface area contributed by atoms with Gasteiger partial charge in [-0.25, -0.2) is 17.2 Å². The molecule has 4 aromatic rings. The van der Waals surface area contributed by atoms with Crippen LogP contribution in [0.25, 0.3) is 0 Å². The van der Waals surface area contributed by atoms with Crippen LogP contribution in [0.15, 0.2) is 78.0 Å². The van der Waals surface area contributed by atoms with Crippen LogP contribution in [0.4, 0.5) is 14.5 Å². The van der Waals surface area contributed by atoms with Crippen molar-refractivity contribution in [3.05, 3.63) is 101 Å². The fourth-order valence-corrected chi connectivity index (χ4v) is 5.31. The molecule has 0 amide bonds. The van der Waals surface area contributed by atoms with Gasteiger partial charge in [0.15, 0.2) is 6.33 Å². The van der Waals surface area contributed by atoms with Gasteiger partial charge in [-0.05, 0) is 59.7 Å². The van der Waals surface area contributed by atoms with E-state index in [4.69, 9.17) is 11.6 Å². The van der Waals surface area contributed by atoms with E-state index in [9.17, 15) is 17.2 Å². The lowest BCUT2D eigenvalue weighted by molar-refractivity contribution is 0.558. The van der Waals surface area contributed by atoms with Gasteiger partial charge in [0.2, 0.25) is 0 Å². The first-order valence-corrected chi connectivity index (χ1v) is 11.6. The van der Waals surface area contributed by atoms with Gasteiger partial charge < -0.3 is 0 Å². The van der Waals surface area contributed by atoms with Gasteiger partial charge in [-0.2, -0.15) is 4.80 Å². The van der Waals surface area contributed by atoms with Gasteiger partial charge in [0.25, 0.3) is 10.0 Å². The third-order valence-electron chi connectivity index (χ3n) is 5.08. The van der Waals surface area contributed by atoms with E-state index in [1.807, 2.05) is 0 Å². The Balaban J connectivity index is 1.87. The van der Waals surface area contributed by atoms with E-state index in [0.29, 0.717) is 16.1 Å². The van der Waals surface area contributed by atoms with Crippen molar-refractivity contribution < 1.29 is 17.2 Å². The molecular formula is C22H18ClF2N5O2S. The molecular weight excluding hydrogens is 472 g/mol. The Bertz CT molecular complexity index is 1370. The van der Waals surface area contributed by atoms with Crippen LogP contribution in [-0.4, -0.2) is 28.6 Å². The maximum atomic E-state index is 14.9. The molecule has 0 spiro atoms. The lowest BCUT2D eigenvalue weighted by Gasteiger charge is -2.32. The Morgan fingerprint density at radius 2 is 1.79 bits per heavy atom. The quantitative estimate of drug-likeness (QED) is 0.378. The Kier molecular flexibility index (Phi) is 6.39. The van der Waals surface area contributed by atoms with Crippen molar-refractivity contribution in [1.29, 1.82) is 0 Å². The topological polar surface area (TPSA) is 81.0 Å². The zero-order chi connectivity index (χ0) is 23.6. The number of nitrogens with zero attached hydrogens (tertiary/aromatic N) is 5. The Morgan fingerprint density at radius 1 is 1.06 bits per heavy atom. The number of tetrazole rings is 1. The zero-order valence-electron chi connectivity index (χ0n) is 17.3. The van der Waals surface area contributed by atoms with E-state index in [1.165, 1.54) is 35.4 Å². The van der Waals surface area contributed by atoms with Crippen LogP contribution in [0.5, 0.6) is 0 Å². The number of halogens is 3. The first kappa shape index (κ1) is 22.8. The average Bonchev–Trinajstić information content (AvgIpc) is 3.30. The molecule has 1 heterocycles. The van der Waals surface area contributed by atoms with E-state index >= 15 is 0 Å². The average molecular weight is 490 g/mol. The van der Waals surface area contributed by atoms with Crippen molar-refractivity contribution >= 4 is 27.3 Å². The Hall–Kier alpha value is -3.37. The van der Waals surface area contributed by atoms with Crippen LogP contribution in [0, 0.1) is 11.6 Å². The highest BCUT2D eigenvalue weighted by Gasteiger charge is 2.33. The normalized spacial score (nSPS) is 12.5. The van der Waals surface area contributed by atoms with E-state index in [2.05, 4.69) is 15.4 Å². The summed E-state index contributed by atoms with van der Waals surface area (Å²) in [6.07, 6.45) is 1.28. The van der Waals surface area contributed by atoms with Crippen LogP contribution in [0.3, 0.4) is 0 Å².